The standard InChI is InChI=1S/C19H23FN2O4S/c20-16-5-3-14-10-15(19(24)22-17(14)11-16)4-6-18(23)21-8-1-2-13-7-9-27(25,26)12-13/h3,5,10-11,13H,1-2,4,6-9,12H2,(H,21,23)(H,22,24). The van der Waals surface area contributed by atoms with E-state index in [1.54, 1.807) is 12.1 Å². The molecule has 1 aromatic carbocycles. The SMILES string of the molecule is O=C(CCc1cc2ccc(F)cc2[nH]c1=O)NCCCC1CCS(=O)(=O)C1. The van der Waals surface area contributed by atoms with Crippen molar-refractivity contribution < 1.29 is 17.6 Å². The Morgan fingerprint density at radius 1 is 1.30 bits per heavy atom. The fourth-order valence-corrected chi connectivity index (χ4v) is 5.37. The lowest BCUT2D eigenvalue weighted by atomic mass is 10.0. The number of fused-ring (bicyclic) bond motifs is 1. The fourth-order valence-electron chi connectivity index (χ4n) is 3.46. The van der Waals surface area contributed by atoms with Gasteiger partial charge in [0.2, 0.25) is 5.91 Å². The predicted octanol–water partition coefficient (Wildman–Crippen LogP) is 1.93. The van der Waals surface area contributed by atoms with Gasteiger partial charge >= 0.3 is 0 Å². The van der Waals surface area contributed by atoms with Gasteiger partial charge in [0.15, 0.2) is 9.84 Å². The Morgan fingerprint density at radius 3 is 2.85 bits per heavy atom. The van der Waals surface area contributed by atoms with Crippen molar-refractivity contribution >= 4 is 26.6 Å². The van der Waals surface area contributed by atoms with Crippen LogP contribution in [0.2, 0.25) is 0 Å². The Morgan fingerprint density at radius 2 is 2.11 bits per heavy atom. The van der Waals surface area contributed by atoms with Crippen molar-refractivity contribution in [3.8, 4) is 0 Å². The molecule has 1 amide bonds. The maximum absolute atomic E-state index is 13.2. The molecule has 0 aliphatic carbocycles. The molecule has 0 spiro atoms. The third-order valence-corrected chi connectivity index (χ3v) is 6.78. The van der Waals surface area contributed by atoms with Crippen LogP contribution in [-0.4, -0.2) is 37.4 Å². The lowest BCUT2D eigenvalue weighted by molar-refractivity contribution is -0.121. The van der Waals surface area contributed by atoms with Crippen LogP contribution < -0.4 is 10.9 Å². The highest BCUT2D eigenvalue weighted by molar-refractivity contribution is 7.91. The normalized spacial score (nSPS) is 18.6. The van der Waals surface area contributed by atoms with Gasteiger partial charge in [0, 0.05) is 18.5 Å². The van der Waals surface area contributed by atoms with Gasteiger partial charge in [-0.15, -0.1) is 0 Å². The molecule has 2 heterocycles. The second kappa shape index (κ2) is 8.21. The lowest BCUT2D eigenvalue weighted by Gasteiger charge is -2.08. The van der Waals surface area contributed by atoms with E-state index < -0.39 is 15.7 Å². The number of aromatic amines is 1. The van der Waals surface area contributed by atoms with Gasteiger partial charge in [-0.3, -0.25) is 9.59 Å². The summed E-state index contributed by atoms with van der Waals surface area (Å²) >= 11 is 0. The zero-order chi connectivity index (χ0) is 19.4. The second-order valence-electron chi connectivity index (χ2n) is 7.12. The molecule has 3 rings (SSSR count). The zero-order valence-electron chi connectivity index (χ0n) is 15.0. The summed E-state index contributed by atoms with van der Waals surface area (Å²) in [6.07, 6.45) is 2.74. The molecule has 1 fully saturated rings. The maximum atomic E-state index is 13.2. The maximum Gasteiger partial charge on any atom is 0.251 e. The number of hydrogen-bond acceptors (Lipinski definition) is 4. The van der Waals surface area contributed by atoms with Crippen molar-refractivity contribution in [2.45, 2.75) is 32.1 Å². The average molecular weight is 394 g/mol. The van der Waals surface area contributed by atoms with Crippen LogP contribution in [0.5, 0.6) is 0 Å². The van der Waals surface area contributed by atoms with Gasteiger partial charge in [-0.25, -0.2) is 12.8 Å². The molecule has 1 unspecified atom stereocenters. The van der Waals surface area contributed by atoms with E-state index in [4.69, 9.17) is 0 Å². The highest BCUT2D eigenvalue weighted by Gasteiger charge is 2.27. The Balaban J connectivity index is 1.44. The number of carbonyl (C=O) groups is 1. The van der Waals surface area contributed by atoms with Crippen LogP contribution >= 0.6 is 0 Å². The molecule has 1 atom stereocenters. The molecule has 1 aliphatic rings. The number of pyridine rings is 1. The topological polar surface area (TPSA) is 96.1 Å². The zero-order valence-corrected chi connectivity index (χ0v) is 15.8. The van der Waals surface area contributed by atoms with Crippen molar-refractivity contribution in [1.29, 1.82) is 0 Å². The van der Waals surface area contributed by atoms with Crippen molar-refractivity contribution in [2.24, 2.45) is 5.92 Å². The number of nitrogens with one attached hydrogen (secondary N) is 2. The largest absolute Gasteiger partial charge is 0.356 e. The fraction of sp³-hybridized carbons (Fsp3) is 0.474. The Bertz CT molecular complexity index is 1000. The van der Waals surface area contributed by atoms with Gasteiger partial charge in [0.05, 0.1) is 17.0 Å². The summed E-state index contributed by atoms with van der Waals surface area (Å²) in [6.45, 7) is 0.503. The third kappa shape index (κ3) is 5.38. The summed E-state index contributed by atoms with van der Waals surface area (Å²) in [5.74, 6) is 0.174. The van der Waals surface area contributed by atoms with Crippen LogP contribution in [0.15, 0.2) is 29.1 Å². The minimum atomic E-state index is -2.85. The number of sulfone groups is 1. The van der Waals surface area contributed by atoms with Gasteiger partial charge in [-0.05, 0) is 61.3 Å². The smallest absolute Gasteiger partial charge is 0.251 e. The Hall–Kier alpha value is -2.22. The molecule has 146 valence electrons. The molecule has 6 nitrogen and oxygen atoms in total. The molecule has 1 aromatic heterocycles. The van der Waals surface area contributed by atoms with Crippen LogP contribution in [0.3, 0.4) is 0 Å². The minimum absolute atomic E-state index is 0.146. The van der Waals surface area contributed by atoms with E-state index in [1.165, 1.54) is 12.1 Å². The highest BCUT2D eigenvalue weighted by Crippen LogP contribution is 2.22. The highest BCUT2D eigenvalue weighted by atomic mass is 32.2. The summed E-state index contributed by atoms with van der Waals surface area (Å²) in [4.78, 5) is 26.7. The molecule has 0 saturated carbocycles. The van der Waals surface area contributed by atoms with Crippen molar-refractivity contribution in [3.63, 3.8) is 0 Å². The number of H-pyrrole nitrogens is 1. The predicted molar refractivity (Wildman–Crippen MR) is 102 cm³/mol. The molecule has 1 aliphatic heterocycles. The summed E-state index contributed by atoms with van der Waals surface area (Å²) in [5, 5.41) is 3.53. The summed E-state index contributed by atoms with van der Waals surface area (Å²) in [5.41, 5.74) is 0.603. The summed E-state index contributed by atoms with van der Waals surface area (Å²) < 4.78 is 36.0. The number of halogens is 1. The number of benzene rings is 1. The summed E-state index contributed by atoms with van der Waals surface area (Å²) in [6, 6.07) is 5.87. The molecule has 2 N–H and O–H groups in total. The molecule has 27 heavy (non-hydrogen) atoms. The van der Waals surface area contributed by atoms with Gasteiger partial charge < -0.3 is 10.3 Å². The summed E-state index contributed by atoms with van der Waals surface area (Å²) in [7, 11) is -2.85. The van der Waals surface area contributed by atoms with E-state index >= 15 is 0 Å². The Kier molecular flexibility index (Phi) is 5.94. The van der Waals surface area contributed by atoms with Crippen molar-refractivity contribution in [3.05, 3.63) is 46.0 Å². The first-order chi connectivity index (χ1) is 12.8. The van der Waals surface area contributed by atoms with E-state index in [0.717, 1.165) is 18.2 Å². The quantitative estimate of drug-likeness (QED) is 0.702. The molecule has 2 aromatic rings. The molecular formula is C19H23FN2O4S. The van der Waals surface area contributed by atoms with E-state index in [9.17, 15) is 22.4 Å². The first-order valence-electron chi connectivity index (χ1n) is 9.11. The molecule has 8 heteroatoms. The van der Waals surface area contributed by atoms with Crippen LogP contribution in [-0.2, 0) is 21.1 Å². The number of aryl methyl sites for hydroxylation is 1. The van der Waals surface area contributed by atoms with Crippen LogP contribution in [0.25, 0.3) is 10.9 Å². The van der Waals surface area contributed by atoms with E-state index in [2.05, 4.69) is 10.3 Å². The van der Waals surface area contributed by atoms with Gasteiger partial charge in [0.25, 0.3) is 5.56 Å². The second-order valence-corrected chi connectivity index (χ2v) is 9.35. The minimum Gasteiger partial charge on any atom is -0.356 e. The van der Waals surface area contributed by atoms with E-state index in [0.29, 0.717) is 30.5 Å². The first-order valence-corrected chi connectivity index (χ1v) is 10.9. The number of amides is 1. The average Bonchev–Trinajstić information content (AvgIpc) is 2.96. The number of hydrogen-bond donors (Lipinski definition) is 2. The lowest BCUT2D eigenvalue weighted by Crippen LogP contribution is -2.26. The van der Waals surface area contributed by atoms with Crippen LogP contribution in [0, 0.1) is 11.7 Å². The molecule has 1 saturated heterocycles. The first kappa shape index (κ1) is 19.5. The van der Waals surface area contributed by atoms with Crippen molar-refractivity contribution in [1.82, 2.24) is 10.3 Å². The number of aromatic nitrogens is 1. The Labute approximate surface area is 157 Å². The number of rotatable bonds is 7. The number of carbonyl (C=O) groups excluding carboxylic acids is 1. The van der Waals surface area contributed by atoms with Crippen molar-refractivity contribution in [2.75, 3.05) is 18.1 Å². The van der Waals surface area contributed by atoms with Gasteiger partial charge in [-0.2, -0.15) is 0 Å². The molecule has 0 radical (unpaired) electrons. The van der Waals surface area contributed by atoms with E-state index in [-0.39, 0.29) is 35.3 Å². The molecule has 0 bridgehead atoms. The van der Waals surface area contributed by atoms with Crippen LogP contribution in [0.1, 0.15) is 31.2 Å². The van der Waals surface area contributed by atoms with Gasteiger partial charge in [-0.1, -0.05) is 0 Å². The molecular weight excluding hydrogens is 371 g/mol. The van der Waals surface area contributed by atoms with Crippen LogP contribution in [0.4, 0.5) is 4.39 Å². The third-order valence-electron chi connectivity index (χ3n) is 4.94. The van der Waals surface area contributed by atoms with Gasteiger partial charge in [0.1, 0.15) is 5.82 Å². The van der Waals surface area contributed by atoms with E-state index in [1.807, 2.05) is 0 Å². The monoisotopic (exact) mass is 394 g/mol.